The Balaban J connectivity index is 1.63. The first kappa shape index (κ1) is 21.7. The number of benzene rings is 1. The molecule has 2 atom stereocenters. The lowest BCUT2D eigenvalue weighted by Gasteiger charge is -2.27. The number of fused-ring (bicyclic) bond motifs is 1. The van der Waals surface area contributed by atoms with Crippen molar-refractivity contribution in [3.05, 3.63) is 24.3 Å². The van der Waals surface area contributed by atoms with Crippen LogP contribution in [0.15, 0.2) is 29.3 Å². The standard InChI is InChI=1S/C22H31N3O3S2/c1-3-24(4-2)17-10-12-18(13-11-17)25-19-14-30(27,28)15-20(19)29-22(25)23-21(26)16-8-6-5-7-9-16/h10-13,16,19-20H,3-9,14-15H2,1-2H3/t19-,20+/m1/s1. The first-order valence-corrected chi connectivity index (χ1v) is 13.8. The third-order valence-corrected chi connectivity index (χ3v) is 9.69. The van der Waals surface area contributed by atoms with E-state index in [0.29, 0.717) is 5.17 Å². The average Bonchev–Trinajstić information content (AvgIpc) is 3.21. The summed E-state index contributed by atoms with van der Waals surface area (Å²) in [5.74, 6) is 0.263. The van der Waals surface area contributed by atoms with E-state index in [0.717, 1.165) is 50.1 Å². The highest BCUT2D eigenvalue weighted by molar-refractivity contribution is 8.16. The molecule has 8 heteroatoms. The van der Waals surface area contributed by atoms with Crippen molar-refractivity contribution in [2.24, 2.45) is 10.9 Å². The number of rotatable bonds is 5. The fourth-order valence-electron chi connectivity index (χ4n) is 4.81. The number of hydrogen-bond donors (Lipinski definition) is 0. The average molecular weight is 450 g/mol. The summed E-state index contributed by atoms with van der Waals surface area (Å²) in [5.41, 5.74) is 2.06. The lowest BCUT2D eigenvalue weighted by atomic mass is 9.89. The van der Waals surface area contributed by atoms with Crippen LogP contribution in [-0.4, -0.2) is 55.4 Å². The van der Waals surface area contributed by atoms with Gasteiger partial charge in [0.05, 0.1) is 17.5 Å². The number of nitrogens with zero attached hydrogens (tertiary/aromatic N) is 3. The zero-order valence-corrected chi connectivity index (χ0v) is 19.4. The Hall–Kier alpha value is -1.54. The maximum absolute atomic E-state index is 12.8. The molecule has 3 fully saturated rings. The van der Waals surface area contributed by atoms with Crippen LogP contribution in [-0.2, 0) is 14.6 Å². The summed E-state index contributed by atoms with van der Waals surface area (Å²) in [6.45, 7) is 6.12. The Morgan fingerprint density at radius 1 is 1.10 bits per heavy atom. The van der Waals surface area contributed by atoms with Gasteiger partial charge in [-0.2, -0.15) is 4.99 Å². The smallest absolute Gasteiger partial charge is 0.251 e. The normalized spacial score (nSPS) is 27.4. The fraction of sp³-hybridized carbons (Fsp3) is 0.636. The second-order valence-corrected chi connectivity index (χ2v) is 11.8. The molecular formula is C22H31N3O3S2. The van der Waals surface area contributed by atoms with Crippen LogP contribution in [0.2, 0.25) is 0 Å². The second-order valence-electron chi connectivity index (χ2n) is 8.43. The quantitative estimate of drug-likeness (QED) is 0.682. The Kier molecular flexibility index (Phi) is 6.44. The highest BCUT2D eigenvalue weighted by Crippen LogP contribution is 2.41. The van der Waals surface area contributed by atoms with Gasteiger partial charge < -0.3 is 9.80 Å². The summed E-state index contributed by atoms with van der Waals surface area (Å²) in [4.78, 5) is 21.7. The van der Waals surface area contributed by atoms with Gasteiger partial charge in [-0.05, 0) is 51.0 Å². The molecule has 3 aliphatic rings. The number of carbonyl (C=O) groups excluding carboxylic acids is 1. The maximum atomic E-state index is 12.8. The minimum Gasteiger partial charge on any atom is -0.372 e. The van der Waals surface area contributed by atoms with Gasteiger partial charge >= 0.3 is 0 Å². The van der Waals surface area contributed by atoms with Crippen LogP contribution in [0.5, 0.6) is 0 Å². The molecule has 6 nitrogen and oxygen atoms in total. The molecule has 164 valence electrons. The van der Waals surface area contributed by atoms with E-state index in [-0.39, 0.29) is 34.6 Å². The molecule has 2 heterocycles. The van der Waals surface area contributed by atoms with Gasteiger partial charge in [0.15, 0.2) is 15.0 Å². The van der Waals surface area contributed by atoms with Gasteiger partial charge in [-0.15, -0.1) is 0 Å². The van der Waals surface area contributed by atoms with Crippen molar-refractivity contribution in [1.29, 1.82) is 0 Å². The fourth-order valence-corrected chi connectivity index (χ4v) is 8.73. The molecule has 1 aromatic rings. The molecule has 0 radical (unpaired) electrons. The molecule has 0 bridgehead atoms. The van der Waals surface area contributed by atoms with Crippen LogP contribution in [0.1, 0.15) is 46.0 Å². The molecule has 30 heavy (non-hydrogen) atoms. The maximum Gasteiger partial charge on any atom is 0.251 e. The van der Waals surface area contributed by atoms with Crippen LogP contribution in [0.25, 0.3) is 0 Å². The summed E-state index contributed by atoms with van der Waals surface area (Å²) in [7, 11) is -3.06. The molecule has 1 aliphatic carbocycles. The molecule has 2 aliphatic heterocycles. The number of hydrogen-bond acceptors (Lipinski definition) is 5. The minimum atomic E-state index is -3.06. The number of amidine groups is 1. The number of carbonyl (C=O) groups is 1. The third kappa shape index (κ3) is 4.40. The largest absolute Gasteiger partial charge is 0.372 e. The van der Waals surface area contributed by atoms with E-state index < -0.39 is 9.84 Å². The summed E-state index contributed by atoms with van der Waals surface area (Å²) < 4.78 is 24.5. The van der Waals surface area contributed by atoms with E-state index in [2.05, 4.69) is 35.9 Å². The first-order chi connectivity index (χ1) is 14.4. The highest BCUT2D eigenvalue weighted by atomic mass is 32.2. The summed E-state index contributed by atoms with van der Waals surface area (Å²) >= 11 is 1.46. The third-order valence-electron chi connectivity index (χ3n) is 6.48. The van der Waals surface area contributed by atoms with E-state index in [1.54, 1.807) is 0 Å². The van der Waals surface area contributed by atoms with Crippen molar-refractivity contribution in [2.45, 2.75) is 57.2 Å². The van der Waals surface area contributed by atoms with Gasteiger partial charge in [0.1, 0.15) is 0 Å². The van der Waals surface area contributed by atoms with Crippen LogP contribution >= 0.6 is 11.8 Å². The second kappa shape index (κ2) is 8.91. The van der Waals surface area contributed by atoms with E-state index in [1.165, 1.54) is 18.2 Å². The van der Waals surface area contributed by atoms with Gasteiger partial charge in [-0.1, -0.05) is 31.0 Å². The van der Waals surface area contributed by atoms with Crippen molar-refractivity contribution < 1.29 is 13.2 Å². The van der Waals surface area contributed by atoms with Gasteiger partial charge in [0.2, 0.25) is 0 Å². The van der Waals surface area contributed by atoms with Gasteiger partial charge in [0.25, 0.3) is 5.91 Å². The predicted octanol–water partition coefficient (Wildman–Crippen LogP) is 3.71. The molecule has 0 spiro atoms. The summed E-state index contributed by atoms with van der Waals surface area (Å²) in [5, 5.41) is 0.612. The van der Waals surface area contributed by atoms with Crippen molar-refractivity contribution in [2.75, 3.05) is 34.4 Å². The van der Waals surface area contributed by atoms with Crippen LogP contribution in [0.3, 0.4) is 0 Å². The van der Waals surface area contributed by atoms with Crippen molar-refractivity contribution >= 4 is 44.0 Å². The molecule has 0 aromatic heterocycles. The van der Waals surface area contributed by atoms with Crippen molar-refractivity contribution in [3.8, 4) is 0 Å². The lowest BCUT2D eigenvalue weighted by Crippen LogP contribution is -2.38. The van der Waals surface area contributed by atoms with Crippen molar-refractivity contribution in [3.63, 3.8) is 0 Å². The zero-order chi connectivity index (χ0) is 21.3. The summed E-state index contributed by atoms with van der Waals surface area (Å²) in [6, 6.07) is 8.05. The Morgan fingerprint density at radius 2 is 1.77 bits per heavy atom. The first-order valence-electron chi connectivity index (χ1n) is 11.1. The SMILES string of the molecule is CCN(CC)c1ccc(N2C(=NC(=O)C3CCCCC3)S[C@H]3CS(=O)(=O)C[C@H]32)cc1. The Labute approximate surface area is 184 Å². The number of amides is 1. The number of thioether (sulfide) groups is 1. The van der Waals surface area contributed by atoms with E-state index in [1.807, 2.05) is 17.0 Å². The molecule has 1 amide bonds. The molecule has 1 saturated carbocycles. The molecule has 4 rings (SSSR count). The topological polar surface area (TPSA) is 70.0 Å². The van der Waals surface area contributed by atoms with Gasteiger partial charge in [-0.3, -0.25) is 4.79 Å². The van der Waals surface area contributed by atoms with Gasteiger partial charge in [0, 0.05) is 35.6 Å². The minimum absolute atomic E-state index is 0.0166. The molecule has 0 N–H and O–H groups in total. The van der Waals surface area contributed by atoms with Crippen LogP contribution < -0.4 is 9.80 Å². The number of aliphatic imine (C=N–C) groups is 1. The van der Waals surface area contributed by atoms with Crippen molar-refractivity contribution in [1.82, 2.24) is 0 Å². The van der Waals surface area contributed by atoms with Crippen LogP contribution in [0.4, 0.5) is 11.4 Å². The lowest BCUT2D eigenvalue weighted by molar-refractivity contribution is -0.122. The van der Waals surface area contributed by atoms with Gasteiger partial charge in [-0.25, -0.2) is 8.42 Å². The highest BCUT2D eigenvalue weighted by Gasteiger charge is 2.49. The Bertz CT molecular complexity index is 904. The summed E-state index contributed by atoms with van der Waals surface area (Å²) in [6.07, 6.45) is 5.21. The molecule has 2 saturated heterocycles. The van der Waals surface area contributed by atoms with E-state index >= 15 is 0 Å². The van der Waals surface area contributed by atoms with E-state index in [4.69, 9.17) is 0 Å². The van der Waals surface area contributed by atoms with Crippen LogP contribution in [0, 0.1) is 5.92 Å². The molecule has 0 unspecified atom stereocenters. The van der Waals surface area contributed by atoms with E-state index in [9.17, 15) is 13.2 Å². The predicted molar refractivity (Wildman–Crippen MR) is 125 cm³/mol. The number of sulfone groups is 1. The monoisotopic (exact) mass is 449 g/mol. The Morgan fingerprint density at radius 3 is 2.40 bits per heavy atom. The molecular weight excluding hydrogens is 418 g/mol. The number of anilines is 2. The zero-order valence-electron chi connectivity index (χ0n) is 17.8. The molecule has 1 aromatic carbocycles.